The highest BCUT2D eigenvalue weighted by molar-refractivity contribution is 6.00. The maximum absolute atomic E-state index is 13.9. The van der Waals surface area contributed by atoms with Gasteiger partial charge in [-0.1, -0.05) is 12.1 Å². The minimum absolute atomic E-state index is 0.0606. The summed E-state index contributed by atoms with van der Waals surface area (Å²) in [5, 5.41) is 6.66. The van der Waals surface area contributed by atoms with Gasteiger partial charge in [-0.2, -0.15) is 5.10 Å². The maximum Gasteiger partial charge on any atom is 0.257 e. The second-order valence-electron chi connectivity index (χ2n) is 5.80. The van der Waals surface area contributed by atoms with Crippen LogP contribution in [-0.2, 0) is 0 Å². The highest BCUT2D eigenvalue weighted by Crippen LogP contribution is 2.53. The number of aromatic amines is 1. The van der Waals surface area contributed by atoms with Crippen molar-refractivity contribution in [3.05, 3.63) is 41.8 Å². The van der Waals surface area contributed by atoms with E-state index < -0.39 is 0 Å². The number of rotatable bonds is 2. The smallest absolute Gasteiger partial charge is 0.257 e. The van der Waals surface area contributed by atoms with Gasteiger partial charge in [-0.3, -0.25) is 9.89 Å². The molecule has 0 atom stereocenters. The second kappa shape index (κ2) is 3.91. The average Bonchev–Trinajstić information content (AvgIpc) is 3.07. The standard InChI is InChI=1S/C15H14FN3O/c16-12-4-2-1-3-10(12)13-11(7-17-18-13)14(20)19-8-15(9-19)5-6-15/h1-4,7H,5-6,8-9H2,(H,17,18). The lowest BCUT2D eigenvalue weighted by Gasteiger charge is -2.39. The van der Waals surface area contributed by atoms with Crippen molar-refractivity contribution >= 4 is 5.91 Å². The van der Waals surface area contributed by atoms with Gasteiger partial charge in [-0.15, -0.1) is 0 Å². The van der Waals surface area contributed by atoms with E-state index in [9.17, 15) is 9.18 Å². The van der Waals surface area contributed by atoms with Gasteiger partial charge in [0.2, 0.25) is 0 Å². The Morgan fingerprint density at radius 1 is 1.30 bits per heavy atom. The summed E-state index contributed by atoms with van der Waals surface area (Å²) in [6.07, 6.45) is 3.94. The first kappa shape index (κ1) is 11.6. The summed E-state index contributed by atoms with van der Waals surface area (Å²) in [5.74, 6) is -0.414. The fraction of sp³-hybridized carbons (Fsp3) is 0.333. The minimum atomic E-state index is -0.354. The number of nitrogens with one attached hydrogen (secondary N) is 1. The third-order valence-electron chi connectivity index (χ3n) is 4.31. The molecule has 20 heavy (non-hydrogen) atoms. The number of carbonyl (C=O) groups is 1. The molecule has 2 aliphatic rings. The van der Waals surface area contributed by atoms with E-state index in [1.165, 1.54) is 25.1 Å². The van der Waals surface area contributed by atoms with E-state index in [0.717, 1.165) is 13.1 Å². The Morgan fingerprint density at radius 3 is 2.75 bits per heavy atom. The number of hydrogen-bond donors (Lipinski definition) is 1. The highest BCUT2D eigenvalue weighted by Gasteiger charge is 2.54. The quantitative estimate of drug-likeness (QED) is 0.912. The Bertz CT molecular complexity index is 682. The van der Waals surface area contributed by atoms with Crippen molar-refractivity contribution in [2.24, 2.45) is 5.41 Å². The van der Waals surface area contributed by atoms with Gasteiger partial charge >= 0.3 is 0 Å². The Kier molecular flexibility index (Phi) is 2.28. The van der Waals surface area contributed by atoms with Crippen molar-refractivity contribution in [3.63, 3.8) is 0 Å². The van der Waals surface area contributed by atoms with E-state index in [-0.39, 0.29) is 11.7 Å². The fourth-order valence-corrected chi connectivity index (χ4v) is 2.89. The molecule has 0 bridgehead atoms. The monoisotopic (exact) mass is 271 g/mol. The van der Waals surface area contributed by atoms with Gasteiger partial charge in [0.15, 0.2) is 0 Å². The van der Waals surface area contributed by atoms with Crippen LogP contribution in [0, 0.1) is 11.2 Å². The van der Waals surface area contributed by atoms with Crippen molar-refractivity contribution in [1.82, 2.24) is 15.1 Å². The molecular formula is C15H14FN3O. The van der Waals surface area contributed by atoms with Crippen LogP contribution in [0.4, 0.5) is 4.39 Å². The normalized spacial score (nSPS) is 18.9. The maximum atomic E-state index is 13.9. The van der Waals surface area contributed by atoms with Gasteiger partial charge in [-0.05, 0) is 25.0 Å². The summed E-state index contributed by atoms with van der Waals surface area (Å²) in [4.78, 5) is 14.3. The molecule has 1 aromatic carbocycles. The number of nitrogens with zero attached hydrogens (tertiary/aromatic N) is 2. The number of halogens is 1. The molecule has 102 valence electrons. The van der Waals surface area contributed by atoms with Gasteiger partial charge in [0.25, 0.3) is 5.91 Å². The third kappa shape index (κ3) is 1.66. The Labute approximate surface area is 115 Å². The van der Waals surface area contributed by atoms with Crippen LogP contribution in [-0.4, -0.2) is 34.1 Å². The predicted octanol–water partition coefficient (Wildman–Crippen LogP) is 2.45. The lowest BCUT2D eigenvalue weighted by molar-refractivity contribution is 0.0444. The Morgan fingerprint density at radius 2 is 2.05 bits per heavy atom. The van der Waals surface area contributed by atoms with Gasteiger partial charge in [0, 0.05) is 24.1 Å². The molecule has 1 spiro atoms. The SMILES string of the molecule is O=C(c1cn[nH]c1-c1ccccc1F)N1CC2(CC2)C1. The Hall–Kier alpha value is -2.17. The summed E-state index contributed by atoms with van der Waals surface area (Å²) in [5.41, 5.74) is 1.71. The zero-order valence-electron chi connectivity index (χ0n) is 10.9. The summed E-state index contributed by atoms with van der Waals surface area (Å²) in [6.45, 7) is 1.65. The van der Waals surface area contributed by atoms with Crippen molar-refractivity contribution in [2.75, 3.05) is 13.1 Å². The predicted molar refractivity (Wildman–Crippen MR) is 71.6 cm³/mol. The van der Waals surface area contributed by atoms with Gasteiger partial charge in [-0.25, -0.2) is 4.39 Å². The van der Waals surface area contributed by atoms with Crippen LogP contribution in [0.3, 0.4) is 0 Å². The summed E-state index contributed by atoms with van der Waals surface area (Å²) < 4.78 is 13.9. The molecule has 4 rings (SSSR count). The van der Waals surface area contributed by atoms with E-state index in [1.54, 1.807) is 18.2 Å². The van der Waals surface area contributed by atoms with Crippen LogP contribution in [0.15, 0.2) is 30.5 Å². The topological polar surface area (TPSA) is 49.0 Å². The minimum Gasteiger partial charge on any atom is -0.337 e. The molecule has 5 heteroatoms. The molecule has 2 aromatic rings. The number of hydrogen-bond acceptors (Lipinski definition) is 2. The number of H-pyrrole nitrogens is 1. The van der Waals surface area contributed by atoms with Crippen LogP contribution in [0.25, 0.3) is 11.3 Å². The van der Waals surface area contributed by atoms with Crippen molar-refractivity contribution in [1.29, 1.82) is 0 Å². The first-order valence-electron chi connectivity index (χ1n) is 6.76. The van der Waals surface area contributed by atoms with Gasteiger partial charge in [0.05, 0.1) is 17.5 Å². The summed E-state index contributed by atoms with van der Waals surface area (Å²) >= 11 is 0. The van der Waals surface area contributed by atoms with E-state index in [0.29, 0.717) is 22.2 Å². The lowest BCUT2D eigenvalue weighted by atomic mass is 9.95. The van der Waals surface area contributed by atoms with Crippen LogP contribution in [0.5, 0.6) is 0 Å². The van der Waals surface area contributed by atoms with Crippen LogP contribution in [0.1, 0.15) is 23.2 Å². The molecular weight excluding hydrogens is 257 g/mol. The molecule has 1 aliphatic heterocycles. The zero-order chi connectivity index (χ0) is 13.7. The first-order valence-corrected chi connectivity index (χ1v) is 6.76. The molecule has 2 heterocycles. The van der Waals surface area contributed by atoms with E-state index in [2.05, 4.69) is 10.2 Å². The first-order chi connectivity index (χ1) is 9.69. The van der Waals surface area contributed by atoms with Crippen LogP contribution < -0.4 is 0 Å². The van der Waals surface area contributed by atoms with Crippen LogP contribution in [0.2, 0.25) is 0 Å². The second-order valence-corrected chi connectivity index (χ2v) is 5.80. The van der Waals surface area contributed by atoms with Crippen molar-refractivity contribution in [2.45, 2.75) is 12.8 Å². The largest absolute Gasteiger partial charge is 0.337 e. The molecule has 1 N–H and O–H groups in total. The average molecular weight is 271 g/mol. The van der Waals surface area contributed by atoms with E-state index in [1.807, 2.05) is 4.90 Å². The fourth-order valence-electron chi connectivity index (χ4n) is 2.89. The number of benzene rings is 1. The van der Waals surface area contributed by atoms with Crippen LogP contribution >= 0.6 is 0 Å². The number of amides is 1. The van der Waals surface area contributed by atoms with Crippen molar-refractivity contribution in [3.8, 4) is 11.3 Å². The highest BCUT2D eigenvalue weighted by atomic mass is 19.1. The molecule has 4 nitrogen and oxygen atoms in total. The number of likely N-dealkylation sites (tertiary alicyclic amines) is 1. The van der Waals surface area contributed by atoms with Gasteiger partial charge < -0.3 is 4.90 Å². The molecule has 2 fully saturated rings. The van der Waals surface area contributed by atoms with E-state index in [4.69, 9.17) is 0 Å². The molecule has 1 saturated carbocycles. The zero-order valence-corrected chi connectivity index (χ0v) is 10.9. The number of aromatic nitrogens is 2. The van der Waals surface area contributed by atoms with E-state index >= 15 is 0 Å². The summed E-state index contributed by atoms with van der Waals surface area (Å²) in [7, 11) is 0. The molecule has 1 saturated heterocycles. The molecule has 1 aromatic heterocycles. The molecule has 0 radical (unpaired) electrons. The lowest BCUT2D eigenvalue weighted by Crippen LogP contribution is -2.51. The number of carbonyl (C=O) groups excluding carboxylic acids is 1. The Balaban J connectivity index is 1.65. The molecule has 1 aliphatic carbocycles. The molecule has 1 amide bonds. The van der Waals surface area contributed by atoms with Crippen molar-refractivity contribution < 1.29 is 9.18 Å². The van der Waals surface area contributed by atoms with Gasteiger partial charge in [0.1, 0.15) is 5.82 Å². The summed E-state index contributed by atoms with van der Waals surface area (Å²) in [6, 6.07) is 6.41. The third-order valence-corrected chi connectivity index (χ3v) is 4.31. The molecule has 0 unspecified atom stereocenters.